The van der Waals surface area contributed by atoms with E-state index in [9.17, 15) is 9.59 Å². The lowest BCUT2D eigenvalue weighted by atomic mass is 9.96. The molecule has 2 aliphatic heterocycles. The Labute approximate surface area is 161 Å². The summed E-state index contributed by atoms with van der Waals surface area (Å²) in [7, 11) is 0. The number of nitrogens with one attached hydrogen (secondary N) is 1. The number of halogens is 1. The predicted octanol–water partition coefficient (Wildman–Crippen LogP) is 2.28. The quantitative estimate of drug-likeness (QED) is 0.786. The monoisotopic (exact) mass is 380 g/mol. The van der Waals surface area contributed by atoms with Gasteiger partial charge in [0.05, 0.1) is 0 Å². The van der Waals surface area contributed by atoms with E-state index >= 15 is 0 Å². The molecule has 3 rings (SSSR count). The molecule has 2 saturated heterocycles. The first-order chi connectivity index (χ1) is 12.1. The normalized spacial score (nSPS) is 17.7. The zero-order valence-corrected chi connectivity index (χ0v) is 16.0. The number of rotatable bonds is 4. The SMILES string of the molecule is Cl.Nc1ccc(CCNC(=O)C2CCN(C(=O)N3CCCC3)CC2)cc1. The van der Waals surface area contributed by atoms with Crippen LogP contribution in [0, 0.1) is 5.92 Å². The van der Waals surface area contributed by atoms with Crippen molar-refractivity contribution in [2.45, 2.75) is 32.1 Å². The summed E-state index contributed by atoms with van der Waals surface area (Å²) in [6, 6.07) is 7.89. The highest BCUT2D eigenvalue weighted by molar-refractivity contribution is 5.85. The molecule has 6 nitrogen and oxygen atoms in total. The second kappa shape index (κ2) is 9.67. The van der Waals surface area contributed by atoms with E-state index < -0.39 is 0 Å². The fourth-order valence-corrected chi connectivity index (χ4v) is 3.60. The molecule has 0 bridgehead atoms. The number of carbonyl (C=O) groups excluding carboxylic acids is 2. The number of nitrogens with zero attached hydrogens (tertiary/aromatic N) is 2. The number of hydrogen-bond donors (Lipinski definition) is 2. The molecule has 2 fully saturated rings. The molecular formula is C19H29ClN4O2. The van der Waals surface area contributed by atoms with Crippen molar-refractivity contribution >= 4 is 30.0 Å². The number of nitrogen functional groups attached to an aromatic ring is 1. The number of nitrogens with two attached hydrogens (primary N) is 1. The van der Waals surface area contributed by atoms with E-state index in [2.05, 4.69) is 5.32 Å². The molecule has 26 heavy (non-hydrogen) atoms. The van der Waals surface area contributed by atoms with Crippen LogP contribution in [-0.4, -0.2) is 54.5 Å². The van der Waals surface area contributed by atoms with Crippen LogP contribution in [0.1, 0.15) is 31.2 Å². The van der Waals surface area contributed by atoms with Crippen LogP contribution in [0.25, 0.3) is 0 Å². The average Bonchev–Trinajstić information content (AvgIpc) is 3.17. The van der Waals surface area contributed by atoms with Crippen LogP contribution in [0.15, 0.2) is 24.3 Å². The maximum Gasteiger partial charge on any atom is 0.319 e. The van der Waals surface area contributed by atoms with Crippen molar-refractivity contribution in [1.29, 1.82) is 0 Å². The lowest BCUT2D eigenvalue weighted by Crippen LogP contribution is -2.47. The summed E-state index contributed by atoms with van der Waals surface area (Å²) in [6.45, 7) is 3.77. The van der Waals surface area contributed by atoms with Crippen LogP contribution in [-0.2, 0) is 11.2 Å². The van der Waals surface area contributed by atoms with Gasteiger partial charge < -0.3 is 20.9 Å². The van der Waals surface area contributed by atoms with Crippen molar-refractivity contribution in [2.75, 3.05) is 38.5 Å². The molecule has 0 spiro atoms. The molecule has 0 saturated carbocycles. The summed E-state index contributed by atoms with van der Waals surface area (Å²) in [5.74, 6) is 0.137. The molecule has 3 N–H and O–H groups in total. The van der Waals surface area contributed by atoms with E-state index in [1.165, 1.54) is 5.56 Å². The minimum atomic E-state index is 0. The Hall–Kier alpha value is -1.95. The molecule has 7 heteroatoms. The van der Waals surface area contributed by atoms with Gasteiger partial charge in [0.15, 0.2) is 0 Å². The molecule has 2 aliphatic rings. The highest BCUT2D eigenvalue weighted by Crippen LogP contribution is 2.20. The van der Waals surface area contributed by atoms with Crippen LogP contribution in [0.2, 0.25) is 0 Å². The largest absolute Gasteiger partial charge is 0.399 e. The number of piperidine rings is 1. The number of anilines is 1. The Morgan fingerprint density at radius 3 is 2.19 bits per heavy atom. The van der Waals surface area contributed by atoms with Crippen molar-refractivity contribution in [1.82, 2.24) is 15.1 Å². The predicted molar refractivity (Wildman–Crippen MR) is 105 cm³/mol. The number of urea groups is 1. The van der Waals surface area contributed by atoms with E-state index in [4.69, 9.17) is 5.73 Å². The van der Waals surface area contributed by atoms with Crippen LogP contribution < -0.4 is 11.1 Å². The number of likely N-dealkylation sites (tertiary alicyclic amines) is 2. The number of carbonyl (C=O) groups is 2. The highest BCUT2D eigenvalue weighted by Gasteiger charge is 2.30. The van der Waals surface area contributed by atoms with Crippen molar-refractivity contribution in [3.05, 3.63) is 29.8 Å². The Morgan fingerprint density at radius 2 is 1.58 bits per heavy atom. The molecule has 144 valence electrons. The van der Waals surface area contributed by atoms with E-state index in [0.29, 0.717) is 19.6 Å². The van der Waals surface area contributed by atoms with E-state index in [1.54, 1.807) is 0 Å². The standard InChI is InChI=1S/C19H28N4O2.ClH/c20-17-5-3-15(4-6-17)7-10-21-18(24)16-8-13-23(14-9-16)19(25)22-11-1-2-12-22;/h3-6,16H,1-2,7-14,20H2,(H,21,24);1H. The molecule has 0 radical (unpaired) electrons. The molecule has 0 atom stereocenters. The fourth-order valence-electron chi connectivity index (χ4n) is 3.60. The second-order valence-electron chi connectivity index (χ2n) is 7.02. The van der Waals surface area contributed by atoms with Gasteiger partial charge in [0, 0.05) is 44.3 Å². The number of hydrogen-bond acceptors (Lipinski definition) is 3. The number of benzene rings is 1. The number of amides is 3. The lowest BCUT2D eigenvalue weighted by Gasteiger charge is -2.34. The molecule has 1 aromatic carbocycles. The summed E-state index contributed by atoms with van der Waals surface area (Å²) in [4.78, 5) is 28.5. The zero-order chi connectivity index (χ0) is 17.6. The van der Waals surface area contributed by atoms with Gasteiger partial charge in [-0.15, -0.1) is 12.4 Å². The summed E-state index contributed by atoms with van der Waals surface area (Å²) >= 11 is 0. The van der Waals surface area contributed by atoms with Gasteiger partial charge in [-0.2, -0.15) is 0 Å². The summed E-state index contributed by atoms with van der Waals surface area (Å²) in [6.07, 6.45) is 4.54. The second-order valence-corrected chi connectivity index (χ2v) is 7.02. The van der Waals surface area contributed by atoms with E-state index in [1.807, 2.05) is 34.1 Å². The summed E-state index contributed by atoms with van der Waals surface area (Å²) in [5, 5.41) is 3.03. The van der Waals surface area contributed by atoms with Gasteiger partial charge in [-0.3, -0.25) is 4.79 Å². The lowest BCUT2D eigenvalue weighted by molar-refractivity contribution is -0.126. The van der Waals surface area contributed by atoms with Gasteiger partial charge in [0.1, 0.15) is 0 Å². The minimum absolute atomic E-state index is 0. The Bertz CT molecular complexity index is 594. The third-order valence-corrected chi connectivity index (χ3v) is 5.21. The Balaban J connectivity index is 0.00000243. The average molecular weight is 381 g/mol. The van der Waals surface area contributed by atoms with Crippen molar-refractivity contribution in [3.63, 3.8) is 0 Å². The first-order valence-electron chi connectivity index (χ1n) is 9.29. The van der Waals surface area contributed by atoms with Gasteiger partial charge in [0.25, 0.3) is 0 Å². The van der Waals surface area contributed by atoms with Gasteiger partial charge in [-0.1, -0.05) is 12.1 Å². The van der Waals surface area contributed by atoms with Gasteiger partial charge in [-0.25, -0.2) is 4.79 Å². The van der Waals surface area contributed by atoms with Gasteiger partial charge in [0.2, 0.25) is 5.91 Å². The molecule has 0 aliphatic carbocycles. The maximum absolute atomic E-state index is 12.4. The van der Waals surface area contributed by atoms with Crippen LogP contribution in [0.3, 0.4) is 0 Å². The molecule has 0 unspecified atom stereocenters. The first kappa shape index (κ1) is 20.4. The van der Waals surface area contributed by atoms with Gasteiger partial charge in [-0.05, 0) is 49.8 Å². The van der Waals surface area contributed by atoms with Crippen LogP contribution in [0.5, 0.6) is 0 Å². The first-order valence-corrected chi connectivity index (χ1v) is 9.29. The Kier molecular flexibility index (Phi) is 7.57. The molecule has 1 aromatic rings. The van der Waals surface area contributed by atoms with Crippen LogP contribution >= 0.6 is 12.4 Å². The fraction of sp³-hybridized carbons (Fsp3) is 0.579. The smallest absolute Gasteiger partial charge is 0.319 e. The summed E-state index contributed by atoms with van der Waals surface area (Å²) < 4.78 is 0. The zero-order valence-electron chi connectivity index (χ0n) is 15.2. The Morgan fingerprint density at radius 1 is 1.00 bits per heavy atom. The van der Waals surface area contributed by atoms with Crippen molar-refractivity contribution < 1.29 is 9.59 Å². The van der Waals surface area contributed by atoms with E-state index in [0.717, 1.165) is 50.9 Å². The third kappa shape index (κ3) is 5.27. The third-order valence-electron chi connectivity index (χ3n) is 5.21. The highest BCUT2D eigenvalue weighted by atomic mass is 35.5. The van der Waals surface area contributed by atoms with Crippen molar-refractivity contribution in [2.24, 2.45) is 5.92 Å². The van der Waals surface area contributed by atoms with Crippen molar-refractivity contribution in [3.8, 4) is 0 Å². The molecule has 0 aromatic heterocycles. The maximum atomic E-state index is 12.4. The topological polar surface area (TPSA) is 78.7 Å². The molecule has 2 heterocycles. The van der Waals surface area contributed by atoms with E-state index in [-0.39, 0.29) is 30.3 Å². The van der Waals surface area contributed by atoms with Gasteiger partial charge >= 0.3 is 6.03 Å². The minimum Gasteiger partial charge on any atom is -0.399 e. The molecular weight excluding hydrogens is 352 g/mol. The molecule has 3 amide bonds. The van der Waals surface area contributed by atoms with Crippen LogP contribution in [0.4, 0.5) is 10.5 Å². The summed E-state index contributed by atoms with van der Waals surface area (Å²) in [5.41, 5.74) is 7.59.